The van der Waals surface area contributed by atoms with Crippen molar-refractivity contribution in [3.05, 3.63) is 35.9 Å². The zero-order chi connectivity index (χ0) is 17.0. The third kappa shape index (κ3) is 4.14. The standard InChI is InChI=1S/C20H31NO2/c1-6-12-21(16(4)17-10-8-7-9-11-17)19(20(22)23-5)15(3)18-13-14(18)2/h7-11,14-16,18-19H,6,12-13H2,1-5H3/t14-,15?,16-,18+,19+/m0/s1. The molecule has 0 N–H and O–H groups in total. The average Bonchev–Trinajstić information content (AvgIpc) is 3.31. The number of esters is 1. The summed E-state index contributed by atoms with van der Waals surface area (Å²) in [6.07, 6.45) is 2.26. The van der Waals surface area contributed by atoms with Gasteiger partial charge in [-0.2, -0.15) is 0 Å². The van der Waals surface area contributed by atoms with E-state index in [1.165, 1.54) is 19.1 Å². The fourth-order valence-corrected chi connectivity index (χ4v) is 3.85. The van der Waals surface area contributed by atoms with Gasteiger partial charge < -0.3 is 4.74 Å². The molecule has 1 aromatic rings. The van der Waals surface area contributed by atoms with E-state index in [4.69, 9.17) is 4.74 Å². The van der Waals surface area contributed by atoms with E-state index in [0.29, 0.717) is 11.8 Å². The number of ether oxygens (including phenoxy) is 1. The van der Waals surface area contributed by atoms with Crippen molar-refractivity contribution in [3.8, 4) is 0 Å². The molecule has 1 aliphatic rings. The summed E-state index contributed by atoms with van der Waals surface area (Å²) in [5, 5.41) is 0. The van der Waals surface area contributed by atoms with Gasteiger partial charge in [0.05, 0.1) is 7.11 Å². The predicted octanol–water partition coefficient (Wildman–Crippen LogP) is 4.29. The van der Waals surface area contributed by atoms with Crippen LogP contribution in [0.4, 0.5) is 0 Å². The number of rotatable bonds is 8. The van der Waals surface area contributed by atoms with E-state index in [0.717, 1.165) is 18.9 Å². The first-order valence-electron chi connectivity index (χ1n) is 8.89. The van der Waals surface area contributed by atoms with Gasteiger partial charge in [0.25, 0.3) is 0 Å². The zero-order valence-corrected chi connectivity index (χ0v) is 15.2. The predicted molar refractivity (Wildman–Crippen MR) is 94.1 cm³/mol. The molecule has 0 radical (unpaired) electrons. The molecule has 0 bridgehead atoms. The molecule has 1 aliphatic carbocycles. The molecule has 0 aromatic heterocycles. The summed E-state index contributed by atoms with van der Waals surface area (Å²) in [4.78, 5) is 14.9. The number of hydrogen-bond acceptors (Lipinski definition) is 3. The third-order valence-electron chi connectivity index (χ3n) is 5.41. The van der Waals surface area contributed by atoms with Gasteiger partial charge in [-0.25, -0.2) is 0 Å². The minimum absolute atomic E-state index is 0.0900. The molecule has 1 unspecified atom stereocenters. The van der Waals surface area contributed by atoms with Crippen LogP contribution in [0.2, 0.25) is 0 Å². The Kier molecular flexibility index (Phi) is 6.23. The Hall–Kier alpha value is -1.35. The summed E-state index contributed by atoms with van der Waals surface area (Å²) >= 11 is 0. The summed E-state index contributed by atoms with van der Waals surface area (Å²) in [5.41, 5.74) is 1.26. The maximum Gasteiger partial charge on any atom is 0.323 e. The van der Waals surface area contributed by atoms with E-state index >= 15 is 0 Å². The normalized spacial score (nSPS) is 24.1. The number of carbonyl (C=O) groups excluding carboxylic acids is 1. The highest BCUT2D eigenvalue weighted by Crippen LogP contribution is 2.46. The monoisotopic (exact) mass is 317 g/mol. The summed E-state index contributed by atoms with van der Waals surface area (Å²) < 4.78 is 5.18. The van der Waals surface area contributed by atoms with Crippen LogP contribution in [-0.4, -0.2) is 30.6 Å². The largest absolute Gasteiger partial charge is 0.468 e. The molecule has 0 spiro atoms. The van der Waals surface area contributed by atoms with Crippen molar-refractivity contribution < 1.29 is 9.53 Å². The van der Waals surface area contributed by atoms with E-state index in [2.05, 4.69) is 56.9 Å². The highest BCUT2D eigenvalue weighted by atomic mass is 16.5. The lowest BCUT2D eigenvalue weighted by molar-refractivity contribution is -0.150. The lowest BCUT2D eigenvalue weighted by Crippen LogP contribution is -2.48. The van der Waals surface area contributed by atoms with Crippen LogP contribution in [0.3, 0.4) is 0 Å². The SMILES string of the molecule is CCCN([C@@H](C)c1ccccc1)[C@@H](C(=O)OC)C(C)[C@@H]1C[C@@H]1C. The molecular weight excluding hydrogens is 286 g/mol. The van der Waals surface area contributed by atoms with E-state index in [1.54, 1.807) is 0 Å². The Labute approximate surface area is 141 Å². The Morgan fingerprint density at radius 1 is 1.30 bits per heavy atom. The molecule has 3 nitrogen and oxygen atoms in total. The first kappa shape index (κ1) is 18.0. The Morgan fingerprint density at radius 3 is 2.39 bits per heavy atom. The molecule has 1 saturated carbocycles. The van der Waals surface area contributed by atoms with Crippen LogP contribution >= 0.6 is 0 Å². The van der Waals surface area contributed by atoms with Gasteiger partial charge in [0.2, 0.25) is 0 Å². The zero-order valence-electron chi connectivity index (χ0n) is 15.2. The van der Waals surface area contributed by atoms with E-state index in [1.807, 2.05) is 6.07 Å². The fraction of sp³-hybridized carbons (Fsp3) is 0.650. The van der Waals surface area contributed by atoms with Crippen molar-refractivity contribution in [2.45, 2.75) is 52.6 Å². The van der Waals surface area contributed by atoms with Gasteiger partial charge in [-0.15, -0.1) is 0 Å². The van der Waals surface area contributed by atoms with Gasteiger partial charge in [-0.05, 0) is 49.6 Å². The number of carbonyl (C=O) groups is 1. The maximum atomic E-state index is 12.6. The fourth-order valence-electron chi connectivity index (χ4n) is 3.85. The highest BCUT2D eigenvalue weighted by Gasteiger charge is 2.46. The van der Waals surface area contributed by atoms with Crippen molar-refractivity contribution in [3.63, 3.8) is 0 Å². The summed E-state index contributed by atoms with van der Waals surface area (Å²) in [6.45, 7) is 9.77. The molecule has 5 atom stereocenters. The van der Waals surface area contributed by atoms with Gasteiger partial charge in [-0.3, -0.25) is 9.69 Å². The minimum atomic E-state index is -0.162. The smallest absolute Gasteiger partial charge is 0.323 e. The first-order chi connectivity index (χ1) is 11.0. The molecule has 128 valence electrons. The van der Waals surface area contributed by atoms with Crippen LogP contribution < -0.4 is 0 Å². The number of benzene rings is 1. The molecule has 23 heavy (non-hydrogen) atoms. The van der Waals surface area contributed by atoms with Crippen molar-refractivity contribution in [1.82, 2.24) is 4.90 Å². The van der Waals surface area contributed by atoms with E-state index in [-0.39, 0.29) is 18.1 Å². The van der Waals surface area contributed by atoms with Crippen LogP contribution in [0.25, 0.3) is 0 Å². The second kappa shape index (κ2) is 7.96. The van der Waals surface area contributed by atoms with Crippen LogP contribution in [0.5, 0.6) is 0 Å². The molecular formula is C20H31NO2. The van der Waals surface area contributed by atoms with Gasteiger partial charge >= 0.3 is 5.97 Å². The second-order valence-corrected chi connectivity index (χ2v) is 7.03. The molecule has 0 heterocycles. The molecule has 1 aromatic carbocycles. The van der Waals surface area contributed by atoms with Crippen LogP contribution in [0.15, 0.2) is 30.3 Å². The maximum absolute atomic E-state index is 12.6. The van der Waals surface area contributed by atoms with E-state index < -0.39 is 0 Å². The van der Waals surface area contributed by atoms with Crippen molar-refractivity contribution in [1.29, 1.82) is 0 Å². The van der Waals surface area contributed by atoms with Crippen molar-refractivity contribution in [2.75, 3.05) is 13.7 Å². The summed E-state index contributed by atoms with van der Waals surface area (Å²) in [5.74, 6) is 1.61. The Morgan fingerprint density at radius 2 is 1.91 bits per heavy atom. The van der Waals surface area contributed by atoms with Crippen LogP contribution in [0.1, 0.15) is 52.1 Å². The summed E-state index contributed by atoms with van der Waals surface area (Å²) in [6, 6.07) is 10.5. The van der Waals surface area contributed by atoms with Crippen molar-refractivity contribution in [2.24, 2.45) is 17.8 Å². The van der Waals surface area contributed by atoms with Crippen LogP contribution in [0, 0.1) is 17.8 Å². The molecule has 2 rings (SSSR count). The lowest BCUT2D eigenvalue weighted by Gasteiger charge is -2.38. The van der Waals surface area contributed by atoms with Gasteiger partial charge in [0, 0.05) is 6.04 Å². The average molecular weight is 317 g/mol. The number of methoxy groups -OCH3 is 1. The second-order valence-electron chi connectivity index (χ2n) is 7.03. The van der Waals surface area contributed by atoms with Gasteiger partial charge in [0.15, 0.2) is 0 Å². The molecule has 0 amide bonds. The quantitative estimate of drug-likeness (QED) is 0.670. The summed E-state index contributed by atoms with van der Waals surface area (Å²) in [7, 11) is 1.51. The lowest BCUT2D eigenvalue weighted by atomic mass is 9.91. The molecule has 1 fully saturated rings. The van der Waals surface area contributed by atoms with E-state index in [9.17, 15) is 4.79 Å². The minimum Gasteiger partial charge on any atom is -0.468 e. The van der Waals surface area contributed by atoms with Crippen LogP contribution in [-0.2, 0) is 9.53 Å². The van der Waals surface area contributed by atoms with Crippen molar-refractivity contribution >= 4 is 5.97 Å². The number of nitrogens with zero attached hydrogens (tertiary/aromatic N) is 1. The Balaban J connectivity index is 2.27. The number of hydrogen-bond donors (Lipinski definition) is 0. The molecule has 0 aliphatic heterocycles. The first-order valence-corrected chi connectivity index (χ1v) is 8.89. The molecule has 3 heteroatoms. The van der Waals surface area contributed by atoms with Gasteiger partial charge in [0.1, 0.15) is 6.04 Å². The van der Waals surface area contributed by atoms with Gasteiger partial charge in [-0.1, -0.05) is 51.1 Å². The molecule has 0 saturated heterocycles. The Bertz CT molecular complexity index is 502. The highest BCUT2D eigenvalue weighted by molar-refractivity contribution is 5.76. The third-order valence-corrected chi connectivity index (χ3v) is 5.41. The topological polar surface area (TPSA) is 29.5 Å².